The Bertz CT molecular complexity index is 3110. The predicted molar refractivity (Wildman–Crippen MR) is 225 cm³/mol. The van der Waals surface area contributed by atoms with Crippen LogP contribution in [-0.4, -0.2) is 9.97 Å². The number of aryl methyl sites for hydroxylation is 2. The SMILES string of the molecule is Cc1ccc(N2c3ccc4ccccc4c3-c3c(c4sc5ccccc5c4c4ccccc34)N2c2nc(-c3ccccc3)c3ccccc3n2)c(C)c1. The van der Waals surface area contributed by atoms with Crippen molar-refractivity contribution in [2.75, 3.05) is 10.0 Å². The van der Waals surface area contributed by atoms with E-state index in [9.17, 15) is 0 Å². The number of aromatic nitrogens is 2. The number of anilines is 4. The van der Waals surface area contributed by atoms with Crippen LogP contribution in [0.15, 0.2) is 158 Å². The number of rotatable bonds is 3. The zero-order valence-electron chi connectivity index (χ0n) is 29.2. The Labute approximate surface area is 310 Å². The van der Waals surface area contributed by atoms with E-state index in [1.54, 1.807) is 0 Å². The highest BCUT2D eigenvalue weighted by Gasteiger charge is 2.38. The molecule has 1 aliphatic rings. The van der Waals surface area contributed by atoms with Crippen molar-refractivity contribution >= 4 is 87.0 Å². The molecule has 53 heavy (non-hydrogen) atoms. The highest BCUT2D eigenvalue weighted by atomic mass is 32.1. The molecule has 0 atom stereocenters. The number of para-hydroxylation sites is 1. The lowest BCUT2D eigenvalue weighted by atomic mass is 9.87. The maximum absolute atomic E-state index is 5.57. The van der Waals surface area contributed by atoms with Crippen LogP contribution in [-0.2, 0) is 0 Å². The van der Waals surface area contributed by atoms with Gasteiger partial charge in [0.1, 0.15) is 0 Å². The van der Waals surface area contributed by atoms with Gasteiger partial charge in [-0.25, -0.2) is 20.0 Å². The predicted octanol–water partition coefficient (Wildman–Crippen LogP) is 13.5. The summed E-state index contributed by atoms with van der Waals surface area (Å²) in [6.45, 7) is 4.37. The first-order valence-electron chi connectivity index (χ1n) is 18.0. The summed E-state index contributed by atoms with van der Waals surface area (Å²) in [4.78, 5) is 11.0. The lowest BCUT2D eigenvalue weighted by molar-refractivity contribution is 0.928. The number of nitrogens with zero attached hydrogens (tertiary/aromatic N) is 4. The summed E-state index contributed by atoms with van der Waals surface area (Å²) in [5, 5.41) is 13.2. The number of hydrogen-bond acceptors (Lipinski definition) is 5. The van der Waals surface area contributed by atoms with E-state index >= 15 is 0 Å². The Hall–Kier alpha value is -6.56. The van der Waals surface area contributed by atoms with Crippen molar-refractivity contribution in [2.45, 2.75) is 13.8 Å². The quantitative estimate of drug-likeness (QED) is 0.184. The average Bonchev–Trinajstić information content (AvgIpc) is 3.60. The van der Waals surface area contributed by atoms with Crippen LogP contribution in [0.3, 0.4) is 0 Å². The minimum atomic E-state index is 0.622. The summed E-state index contributed by atoms with van der Waals surface area (Å²) < 4.78 is 2.47. The number of thiophene rings is 1. The van der Waals surface area contributed by atoms with Crippen molar-refractivity contribution in [3.8, 4) is 22.4 Å². The van der Waals surface area contributed by atoms with Crippen LogP contribution < -0.4 is 10.0 Å². The van der Waals surface area contributed by atoms with Crippen LogP contribution in [0, 0.1) is 13.8 Å². The molecule has 5 heteroatoms. The standard InChI is InChI=1S/C48H32N4S/c1-29-24-26-39(30(2)28-29)51-40-27-25-31-14-6-7-17-33(31)43(40)44-35-19-9-8-18-34(35)42-37-21-11-13-23-41(37)53-47(42)46(44)52(51)48-49-38-22-12-10-20-36(38)45(50-48)32-15-4-3-5-16-32/h3-28H,1-2H3. The third-order valence-corrected chi connectivity index (χ3v) is 11.9. The van der Waals surface area contributed by atoms with Crippen LogP contribution in [0.2, 0.25) is 0 Å². The normalized spacial score (nSPS) is 12.6. The summed E-state index contributed by atoms with van der Waals surface area (Å²) in [5.74, 6) is 0.622. The van der Waals surface area contributed by atoms with Gasteiger partial charge in [-0.15, -0.1) is 11.3 Å². The van der Waals surface area contributed by atoms with E-state index in [1.807, 2.05) is 11.3 Å². The second kappa shape index (κ2) is 11.5. The van der Waals surface area contributed by atoms with Crippen molar-refractivity contribution in [1.29, 1.82) is 0 Å². The van der Waals surface area contributed by atoms with Gasteiger partial charge in [-0.2, -0.15) is 0 Å². The molecule has 0 fully saturated rings. The molecule has 0 bridgehead atoms. The third kappa shape index (κ3) is 4.41. The first-order valence-corrected chi connectivity index (χ1v) is 18.8. The summed E-state index contributed by atoms with van der Waals surface area (Å²) in [5.41, 5.74) is 10.9. The van der Waals surface area contributed by atoms with Crippen LogP contribution in [0.4, 0.5) is 23.0 Å². The Kier molecular flexibility index (Phi) is 6.52. The molecule has 11 rings (SSSR count). The van der Waals surface area contributed by atoms with Gasteiger partial charge in [-0.1, -0.05) is 139 Å². The third-order valence-electron chi connectivity index (χ3n) is 10.7. The van der Waals surface area contributed by atoms with Gasteiger partial charge >= 0.3 is 0 Å². The van der Waals surface area contributed by atoms with E-state index < -0.39 is 0 Å². The zero-order chi connectivity index (χ0) is 35.2. The molecule has 0 unspecified atom stereocenters. The van der Waals surface area contributed by atoms with Gasteiger partial charge < -0.3 is 0 Å². The molecule has 0 amide bonds. The minimum Gasteiger partial charge on any atom is -0.245 e. The van der Waals surface area contributed by atoms with Gasteiger partial charge in [0.05, 0.1) is 33.0 Å². The topological polar surface area (TPSA) is 32.3 Å². The van der Waals surface area contributed by atoms with E-state index in [0.717, 1.165) is 39.2 Å². The van der Waals surface area contributed by atoms with E-state index in [4.69, 9.17) is 9.97 Å². The minimum absolute atomic E-state index is 0.622. The second-order valence-electron chi connectivity index (χ2n) is 13.9. The van der Waals surface area contributed by atoms with Gasteiger partial charge in [0.2, 0.25) is 0 Å². The van der Waals surface area contributed by atoms with E-state index in [2.05, 4.69) is 182 Å². The first kappa shape index (κ1) is 30.1. The van der Waals surface area contributed by atoms with Crippen LogP contribution >= 0.6 is 11.3 Å². The van der Waals surface area contributed by atoms with E-state index in [1.165, 1.54) is 64.0 Å². The van der Waals surface area contributed by atoms with Crippen molar-refractivity contribution in [1.82, 2.24) is 9.97 Å². The molecule has 0 saturated heterocycles. The average molecular weight is 697 g/mol. The van der Waals surface area contributed by atoms with E-state index in [0.29, 0.717) is 5.95 Å². The summed E-state index contributed by atoms with van der Waals surface area (Å²) in [6.07, 6.45) is 0. The van der Waals surface area contributed by atoms with Gasteiger partial charge in [-0.05, 0) is 65.2 Å². The molecule has 250 valence electrons. The Balaban J connectivity index is 1.38. The number of hydrazine groups is 1. The highest BCUT2D eigenvalue weighted by molar-refractivity contribution is 7.26. The summed E-state index contributed by atoms with van der Waals surface area (Å²) in [7, 11) is 0. The van der Waals surface area contributed by atoms with Gasteiger partial charge in [-0.3, -0.25) is 0 Å². The molecule has 0 spiro atoms. The monoisotopic (exact) mass is 696 g/mol. The molecular weight excluding hydrogens is 665 g/mol. The number of hydrogen-bond donors (Lipinski definition) is 0. The molecule has 0 saturated carbocycles. The molecular formula is C48H32N4S. The maximum atomic E-state index is 5.57. The summed E-state index contributed by atoms with van der Waals surface area (Å²) >= 11 is 1.85. The lowest BCUT2D eigenvalue weighted by Crippen LogP contribution is -2.40. The van der Waals surface area contributed by atoms with Gasteiger partial charge in [0.25, 0.3) is 5.95 Å². The molecule has 1 aliphatic heterocycles. The van der Waals surface area contributed by atoms with Crippen molar-refractivity contribution < 1.29 is 0 Å². The number of fused-ring (bicyclic) bond motifs is 13. The van der Waals surface area contributed by atoms with Crippen molar-refractivity contribution in [3.05, 3.63) is 169 Å². The maximum Gasteiger partial charge on any atom is 0.251 e. The molecule has 4 nitrogen and oxygen atoms in total. The largest absolute Gasteiger partial charge is 0.251 e. The van der Waals surface area contributed by atoms with Gasteiger partial charge in [0.15, 0.2) is 0 Å². The van der Waals surface area contributed by atoms with Crippen molar-refractivity contribution in [2.24, 2.45) is 0 Å². The van der Waals surface area contributed by atoms with E-state index in [-0.39, 0.29) is 0 Å². The first-order chi connectivity index (χ1) is 26.1. The second-order valence-corrected chi connectivity index (χ2v) is 15.0. The molecule has 3 heterocycles. The smallest absolute Gasteiger partial charge is 0.245 e. The summed E-state index contributed by atoms with van der Waals surface area (Å²) in [6, 6.07) is 56.7. The highest BCUT2D eigenvalue weighted by Crippen LogP contribution is 2.59. The number of benzene rings is 8. The van der Waals surface area contributed by atoms with Crippen LogP contribution in [0.5, 0.6) is 0 Å². The Morgan fingerprint density at radius 3 is 2.02 bits per heavy atom. The Morgan fingerprint density at radius 2 is 1.19 bits per heavy atom. The van der Waals surface area contributed by atoms with Crippen LogP contribution in [0.1, 0.15) is 11.1 Å². The molecule has 10 aromatic rings. The lowest BCUT2D eigenvalue weighted by Gasteiger charge is -2.44. The Morgan fingerprint density at radius 1 is 0.509 bits per heavy atom. The molecule has 0 aliphatic carbocycles. The zero-order valence-corrected chi connectivity index (χ0v) is 30.0. The van der Waals surface area contributed by atoms with Gasteiger partial charge in [0, 0.05) is 37.5 Å². The molecule has 0 radical (unpaired) electrons. The van der Waals surface area contributed by atoms with Crippen molar-refractivity contribution in [3.63, 3.8) is 0 Å². The molecule has 0 N–H and O–H groups in total. The van der Waals surface area contributed by atoms with Crippen LogP contribution in [0.25, 0.3) is 75.0 Å². The fraction of sp³-hybridized carbons (Fsp3) is 0.0417. The fourth-order valence-electron chi connectivity index (χ4n) is 8.45. The fourth-order valence-corrected chi connectivity index (χ4v) is 9.70. The molecule has 2 aromatic heterocycles. The molecule has 8 aromatic carbocycles.